The Morgan fingerprint density at radius 2 is 2.19 bits per heavy atom. The molecule has 1 amide bonds. The Morgan fingerprint density at radius 3 is 2.69 bits per heavy atom. The smallest absolute Gasteiger partial charge is 0.224 e. The SMILES string of the molecule is COc1ccc(NC(=O)CC(C)C)cc1N. The molecule has 1 rings (SSSR count). The highest BCUT2D eigenvalue weighted by Crippen LogP contribution is 2.24. The van der Waals surface area contributed by atoms with Crippen LogP contribution in [0.5, 0.6) is 5.75 Å². The Balaban J connectivity index is 2.68. The predicted octanol–water partition coefficient (Wildman–Crippen LogP) is 2.26. The van der Waals surface area contributed by atoms with Crippen LogP contribution in [-0.2, 0) is 4.79 Å². The number of nitrogens with one attached hydrogen (secondary N) is 1. The number of methoxy groups -OCH3 is 1. The highest BCUT2D eigenvalue weighted by atomic mass is 16.5. The van der Waals surface area contributed by atoms with Crippen molar-refractivity contribution in [3.8, 4) is 5.75 Å². The van der Waals surface area contributed by atoms with E-state index in [0.29, 0.717) is 29.5 Å². The number of hydrogen-bond donors (Lipinski definition) is 2. The van der Waals surface area contributed by atoms with Gasteiger partial charge in [-0.3, -0.25) is 4.79 Å². The lowest BCUT2D eigenvalue weighted by Crippen LogP contribution is -2.13. The Morgan fingerprint density at radius 1 is 1.50 bits per heavy atom. The molecule has 0 saturated carbocycles. The average molecular weight is 222 g/mol. The monoisotopic (exact) mass is 222 g/mol. The molecular formula is C12H18N2O2. The van der Waals surface area contributed by atoms with Crippen molar-refractivity contribution in [1.29, 1.82) is 0 Å². The molecule has 1 aromatic carbocycles. The van der Waals surface area contributed by atoms with Gasteiger partial charge in [0, 0.05) is 12.1 Å². The maximum Gasteiger partial charge on any atom is 0.224 e. The number of benzene rings is 1. The molecular weight excluding hydrogens is 204 g/mol. The normalized spacial score (nSPS) is 10.2. The fraction of sp³-hybridized carbons (Fsp3) is 0.417. The van der Waals surface area contributed by atoms with E-state index in [4.69, 9.17) is 10.5 Å². The minimum Gasteiger partial charge on any atom is -0.495 e. The van der Waals surface area contributed by atoms with Gasteiger partial charge in [0.25, 0.3) is 0 Å². The van der Waals surface area contributed by atoms with Gasteiger partial charge >= 0.3 is 0 Å². The molecule has 0 heterocycles. The van der Waals surface area contributed by atoms with Gasteiger partial charge in [-0.15, -0.1) is 0 Å². The lowest BCUT2D eigenvalue weighted by atomic mass is 10.1. The standard InChI is InChI=1S/C12H18N2O2/c1-8(2)6-12(15)14-9-4-5-11(16-3)10(13)7-9/h4-5,7-8H,6,13H2,1-3H3,(H,14,15). The minimum absolute atomic E-state index is 0.000401. The molecule has 0 atom stereocenters. The Labute approximate surface area is 95.8 Å². The maximum atomic E-state index is 11.5. The summed E-state index contributed by atoms with van der Waals surface area (Å²) in [4.78, 5) is 11.5. The molecule has 0 spiro atoms. The molecule has 0 aliphatic heterocycles. The van der Waals surface area contributed by atoms with E-state index in [1.807, 2.05) is 13.8 Å². The van der Waals surface area contributed by atoms with Crippen LogP contribution in [0.15, 0.2) is 18.2 Å². The van der Waals surface area contributed by atoms with E-state index in [2.05, 4.69) is 5.32 Å². The molecule has 16 heavy (non-hydrogen) atoms. The first-order valence-electron chi connectivity index (χ1n) is 5.26. The second-order valence-corrected chi connectivity index (χ2v) is 4.10. The van der Waals surface area contributed by atoms with Gasteiger partial charge in [0.05, 0.1) is 12.8 Å². The van der Waals surface area contributed by atoms with Crippen molar-refractivity contribution < 1.29 is 9.53 Å². The van der Waals surface area contributed by atoms with Crippen LogP contribution in [0.25, 0.3) is 0 Å². The quantitative estimate of drug-likeness (QED) is 0.768. The zero-order chi connectivity index (χ0) is 12.1. The first-order valence-corrected chi connectivity index (χ1v) is 5.26. The van der Waals surface area contributed by atoms with E-state index in [1.165, 1.54) is 0 Å². The zero-order valence-corrected chi connectivity index (χ0v) is 9.91. The number of carbonyl (C=O) groups excluding carboxylic acids is 1. The van der Waals surface area contributed by atoms with Crippen LogP contribution in [0.3, 0.4) is 0 Å². The Bertz CT molecular complexity index is 375. The average Bonchev–Trinajstić information content (AvgIpc) is 2.16. The van der Waals surface area contributed by atoms with Crippen molar-refractivity contribution in [1.82, 2.24) is 0 Å². The third-order valence-electron chi connectivity index (χ3n) is 2.11. The third kappa shape index (κ3) is 3.46. The van der Waals surface area contributed by atoms with Crippen molar-refractivity contribution in [2.24, 2.45) is 5.92 Å². The van der Waals surface area contributed by atoms with E-state index < -0.39 is 0 Å². The Hall–Kier alpha value is -1.71. The number of nitrogen functional groups attached to an aromatic ring is 1. The summed E-state index contributed by atoms with van der Waals surface area (Å²) in [6, 6.07) is 5.20. The van der Waals surface area contributed by atoms with Gasteiger partial charge in [-0.2, -0.15) is 0 Å². The molecule has 0 aliphatic rings. The van der Waals surface area contributed by atoms with Crippen LogP contribution in [0, 0.1) is 5.92 Å². The van der Waals surface area contributed by atoms with Crippen molar-refractivity contribution >= 4 is 17.3 Å². The summed E-state index contributed by atoms with van der Waals surface area (Å²) in [6.45, 7) is 4.00. The molecule has 4 nitrogen and oxygen atoms in total. The topological polar surface area (TPSA) is 64.3 Å². The number of hydrogen-bond acceptors (Lipinski definition) is 3. The van der Waals surface area contributed by atoms with E-state index in [1.54, 1.807) is 25.3 Å². The fourth-order valence-electron chi connectivity index (χ4n) is 1.39. The third-order valence-corrected chi connectivity index (χ3v) is 2.11. The number of carbonyl (C=O) groups is 1. The van der Waals surface area contributed by atoms with Crippen molar-refractivity contribution in [2.45, 2.75) is 20.3 Å². The van der Waals surface area contributed by atoms with Crippen molar-refractivity contribution in [3.05, 3.63) is 18.2 Å². The van der Waals surface area contributed by atoms with Gasteiger partial charge in [-0.1, -0.05) is 13.8 Å². The summed E-state index contributed by atoms with van der Waals surface area (Å²) in [5, 5.41) is 2.79. The van der Waals surface area contributed by atoms with Gasteiger partial charge in [0.2, 0.25) is 5.91 Å². The highest BCUT2D eigenvalue weighted by molar-refractivity contribution is 5.91. The van der Waals surface area contributed by atoms with Crippen molar-refractivity contribution in [2.75, 3.05) is 18.2 Å². The second-order valence-electron chi connectivity index (χ2n) is 4.10. The number of anilines is 2. The predicted molar refractivity (Wildman–Crippen MR) is 65.5 cm³/mol. The van der Waals surface area contributed by atoms with Gasteiger partial charge in [-0.05, 0) is 24.1 Å². The van der Waals surface area contributed by atoms with E-state index >= 15 is 0 Å². The summed E-state index contributed by atoms with van der Waals surface area (Å²) in [7, 11) is 1.56. The van der Waals surface area contributed by atoms with Crippen LogP contribution >= 0.6 is 0 Å². The summed E-state index contributed by atoms with van der Waals surface area (Å²) < 4.78 is 5.03. The maximum absolute atomic E-state index is 11.5. The first-order chi connectivity index (χ1) is 7.52. The van der Waals surface area contributed by atoms with Crippen LogP contribution in [0.4, 0.5) is 11.4 Å². The van der Waals surface area contributed by atoms with Crippen LogP contribution < -0.4 is 15.8 Å². The summed E-state index contributed by atoms with van der Waals surface area (Å²) in [5.74, 6) is 0.956. The van der Waals surface area contributed by atoms with Crippen LogP contribution in [-0.4, -0.2) is 13.0 Å². The van der Waals surface area contributed by atoms with Crippen molar-refractivity contribution in [3.63, 3.8) is 0 Å². The van der Waals surface area contributed by atoms with E-state index in [-0.39, 0.29) is 5.91 Å². The largest absolute Gasteiger partial charge is 0.495 e. The molecule has 1 aromatic rings. The first kappa shape index (κ1) is 12.4. The number of ether oxygens (including phenoxy) is 1. The fourth-order valence-corrected chi connectivity index (χ4v) is 1.39. The lowest BCUT2D eigenvalue weighted by molar-refractivity contribution is -0.116. The molecule has 0 fully saturated rings. The molecule has 0 aliphatic carbocycles. The van der Waals surface area contributed by atoms with Gasteiger partial charge in [0.1, 0.15) is 5.75 Å². The molecule has 0 radical (unpaired) electrons. The lowest BCUT2D eigenvalue weighted by Gasteiger charge is -2.09. The number of nitrogens with two attached hydrogens (primary N) is 1. The van der Waals surface area contributed by atoms with E-state index in [9.17, 15) is 4.79 Å². The molecule has 0 bridgehead atoms. The van der Waals surface area contributed by atoms with Gasteiger partial charge in [-0.25, -0.2) is 0 Å². The zero-order valence-electron chi connectivity index (χ0n) is 9.91. The van der Waals surface area contributed by atoms with Gasteiger partial charge in [0.15, 0.2) is 0 Å². The molecule has 0 unspecified atom stereocenters. The second kappa shape index (κ2) is 5.39. The Kier molecular flexibility index (Phi) is 4.17. The number of rotatable bonds is 4. The molecule has 4 heteroatoms. The van der Waals surface area contributed by atoms with Crippen LogP contribution in [0.1, 0.15) is 20.3 Å². The molecule has 0 aromatic heterocycles. The minimum atomic E-state index is -0.000401. The number of amides is 1. The van der Waals surface area contributed by atoms with Gasteiger partial charge < -0.3 is 15.8 Å². The summed E-state index contributed by atoms with van der Waals surface area (Å²) >= 11 is 0. The van der Waals surface area contributed by atoms with E-state index in [0.717, 1.165) is 0 Å². The summed E-state index contributed by atoms with van der Waals surface area (Å²) in [5.41, 5.74) is 6.95. The molecule has 88 valence electrons. The highest BCUT2D eigenvalue weighted by Gasteiger charge is 2.06. The van der Waals surface area contributed by atoms with Crippen LogP contribution in [0.2, 0.25) is 0 Å². The molecule has 0 saturated heterocycles. The summed E-state index contributed by atoms with van der Waals surface area (Å²) in [6.07, 6.45) is 0.506. The molecule has 3 N–H and O–H groups in total.